The van der Waals surface area contributed by atoms with Crippen LogP contribution in [0.5, 0.6) is 0 Å². The molecule has 0 saturated heterocycles. The molecule has 0 aliphatic heterocycles. The molecule has 0 atom stereocenters. The SMILES string of the molecule is Cc1ccc(C#Cc2ccc(/C(N)=C/C=N)cc2)cc1. The van der Waals surface area contributed by atoms with Crippen molar-refractivity contribution >= 4 is 11.9 Å². The number of nitrogens with one attached hydrogen (secondary N) is 1. The van der Waals surface area contributed by atoms with Gasteiger partial charge in [-0.05, 0) is 42.8 Å². The predicted octanol–water partition coefficient (Wildman–Crippen LogP) is 3.34. The Balaban J connectivity index is 2.17. The Morgan fingerprint density at radius 2 is 1.45 bits per heavy atom. The molecule has 2 heteroatoms. The molecule has 0 heterocycles. The third-order valence-corrected chi connectivity index (χ3v) is 2.88. The van der Waals surface area contributed by atoms with E-state index < -0.39 is 0 Å². The average Bonchev–Trinajstić information content (AvgIpc) is 2.47. The van der Waals surface area contributed by atoms with Crippen LogP contribution in [0.15, 0.2) is 54.6 Å². The maximum atomic E-state index is 7.00. The minimum Gasteiger partial charge on any atom is -0.398 e. The molecule has 20 heavy (non-hydrogen) atoms. The molecule has 0 spiro atoms. The summed E-state index contributed by atoms with van der Waals surface area (Å²) in [6.07, 6.45) is 2.74. The van der Waals surface area contributed by atoms with Gasteiger partial charge in [0.15, 0.2) is 0 Å². The topological polar surface area (TPSA) is 49.9 Å². The molecule has 2 aromatic rings. The van der Waals surface area contributed by atoms with Crippen LogP contribution in [-0.2, 0) is 0 Å². The summed E-state index contributed by atoms with van der Waals surface area (Å²) in [6, 6.07) is 15.8. The monoisotopic (exact) mass is 260 g/mol. The van der Waals surface area contributed by atoms with E-state index in [1.807, 2.05) is 36.4 Å². The Morgan fingerprint density at radius 1 is 0.950 bits per heavy atom. The molecule has 0 radical (unpaired) electrons. The highest BCUT2D eigenvalue weighted by atomic mass is 14.6. The van der Waals surface area contributed by atoms with E-state index >= 15 is 0 Å². The summed E-state index contributed by atoms with van der Waals surface area (Å²) >= 11 is 0. The van der Waals surface area contributed by atoms with Crippen LogP contribution >= 0.6 is 0 Å². The zero-order chi connectivity index (χ0) is 14.4. The van der Waals surface area contributed by atoms with Crippen LogP contribution in [0.25, 0.3) is 5.70 Å². The Hall–Kier alpha value is -2.79. The highest BCUT2D eigenvalue weighted by molar-refractivity contribution is 5.81. The number of allylic oxidation sites excluding steroid dienone is 1. The average molecular weight is 260 g/mol. The third kappa shape index (κ3) is 3.60. The van der Waals surface area contributed by atoms with Crippen molar-refractivity contribution in [3.8, 4) is 11.8 Å². The zero-order valence-corrected chi connectivity index (χ0v) is 11.4. The lowest BCUT2D eigenvalue weighted by atomic mass is 10.1. The molecule has 0 unspecified atom stereocenters. The Bertz CT molecular complexity index is 681. The molecular weight excluding hydrogens is 244 g/mol. The normalized spacial score (nSPS) is 10.6. The van der Waals surface area contributed by atoms with Gasteiger partial charge in [-0.3, -0.25) is 0 Å². The minimum absolute atomic E-state index is 0.582. The fourth-order valence-corrected chi connectivity index (χ4v) is 1.71. The molecule has 2 rings (SSSR count). The summed E-state index contributed by atoms with van der Waals surface area (Å²) in [7, 11) is 0. The Morgan fingerprint density at radius 3 is 1.95 bits per heavy atom. The van der Waals surface area contributed by atoms with Crippen LogP contribution in [0.1, 0.15) is 22.3 Å². The van der Waals surface area contributed by atoms with Crippen molar-refractivity contribution in [3.05, 3.63) is 76.9 Å². The molecule has 2 nitrogen and oxygen atoms in total. The molecule has 2 aromatic carbocycles. The van der Waals surface area contributed by atoms with Gasteiger partial charge in [-0.1, -0.05) is 41.7 Å². The summed E-state index contributed by atoms with van der Waals surface area (Å²) in [4.78, 5) is 0. The van der Waals surface area contributed by atoms with Crippen molar-refractivity contribution in [3.63, 3.8) is 0 Å². The fraction of sp³-hybridized carbons (Fsp3) is 0.0556. The molecular formula is C18H16N2. The van der Waals surface area contributed by atoms with E-state index in [0.29, 0.717) is 5.70 Å². The third-order valence-electron chi connectivity index (χ3n) is 2.88. The van der Waals surface area contributed by atoms with Crippen molar-refractivity contribution in [1.82, 2.24) is 0 Å². The molecule has 0 bridgehead atoms. The van der Waals surface area contributed by atoms with E-state index in [2.05, 4.69) is 30.9 Å². The number of nitrogens with two attached hydrogens (primary N) is 1. The number of benzene rings is 2. The van der Waals surface area contributed by atoms with E-state index in [4.69, 9.17) is 11.1 Å². The van der Waals surface area contributed by atoms with Gasteiger partial charge in [-0.25, -0.2) is 0 Å². The number of hydrogen-bond acceptors (Lipinski definition) is 2. The van der Waals surface area contributed by atoms with Gasteiger partial charge in [-0.2, -0.15) is 0 Å². The molecule has 0 fully saturated rings. The molecule has 0 aliphatic carbocycles. The summed E-state index contributed by atoms with van der Waals surface area (Å²) in [6.45, 7) is 2.06. The van der Waals surface area contributed by atoms with Gasteiger partial charge in [0.25, 0.3) is 0 Å². The van der Waals surface area contributed by atoms with Crippen LogP contribution in [0.2, 0.25) is 0 Å². The van der Waals surface area contributed by atoms with Gasteiger partial charge in [0, 0.05) is 23.0 Å². The van der Waals surface area contributed by atoms with Gasteiger partial charge in [0.05, 0.1) is 0 Å². The quantitative estimate of drug-likeness (QED) is 0.631. The first-order valence-electron chi connectivity index (χ1n) is 6.34. The smallest absolute Gasteiger partial charge is 0.0402 e. The van der Waals surface area contributed by atoms with Crippen LogP contribution in [0.3, 0.4) is 0 Å². The summed E-state index contributed by atoms with van der Waals surface area (Å²) in [5, 5.41) is 7.00. The number of rotatable bonds is 2. The minimum atomic E-state index is 0.582. The van der Waals surface area contributed by atoms with E-state index in [0.717, 1.165) is 16.7 Å². The van der Waals surface area contributed by atoms with E-state index in [1.165, 1.54) is 11.8 Å². The number of hydrogen-bond donors (Lipinski definition) is 2. The van der Waals surface area contributed by atoms with E-state index in [-0.39, 0.29) is 0 Å². The van der Waals surface area contributed by atoms with Gasteiger partial charge in [0.2, 0.25) is 0 Å². The van der Waals surface area contributed by atoms with Crippen molar-refractivity contribution in [2.75, 3.05) is 0 Å². The van der Waals surface area contributed by atoms with Crippen LogP contribution in [-0.4, -0.2) is 6.21 Å². The first-order chi connectivity index (χ1) is 9.69. The summed E-state index contributed by atoms with van der Waals surface area (Å²) in [5.41, 5.74) is 10.5. The van der Waals surface area contributed by atoms with Crippen molar-refractivity contribution in [1.29, 1.82) is 5.41 Å². The molecule has 3 N–H and O–H groups in total. The van der Waals surface area contributed by atoms with Crippen LogP contribution in [0.4, 0.5) is 0 Å². The second-order valence-electron chi connectivity index (χ2n) is 4.48. The van der Waals surface area contributed by atoms with Gasteiger partial charge < -0.3 is 11.1 Å². The van der Waals surface area contributed by atoms with Crippen molar-refractivity contribution in [2.24, 2.45) is 5.73 Å². The maximum Gasteiger partial charge on any atom is 0.0402 e. The zero-order valence-electron chi connectivity index (χ0n) is 11.4. The van der Waals surface area contributed by atoms with Gasteiger partial charge >= 0.3 is 0 Å². The summed E-state index contributed by atoms with van der Waals surface area (Å²) in [5.74, 6) is 6.25. The second-order valence-corrected chi connectivity index (χ2v) is 4.48. The highest BCUT2D eigenvalue weighted by Crippen LogP contribution is 2.10. The van der Waals surface area contributed by atoms with E-state index in [1.54, 1.807) is 6.08 Å². The second kappa shape index (κ2) is 6.40. The lowest BCUT2D eigenvalue weighted by molar-refractivity contribution is 1.46. The standard InChI is InChI=1S/C18H16N2/c1-14-2-4-15(5-3-14)6-7-16-8-10-17(11-9-16)18(20)12-13-19/h2-5,8-13,19H,20H2,1H3/b18-12-,19-13?. The first kappa shape index (κ1) is 13.6. The molecule has 98 valence electrons. The molecule has 0 amide bonds. The predicted molar refractivity (Wildman–Crippen MR) is 84.5 cm³/mol. The van der Waals surface area contributed by atoms with Gasteiger partial charge in [0.1, 0.15) is 0 Å². The van der Waals surface area contributed by atoms with Crippen molar-refractivity contribution in [2.45, 2.75) is 6.92 Å². The van der Waals surface area contributed by atoms with Crippen LogP contribution in [0, 0.1) is 24.2 Å². The largest absolute Gasteiger partial charge is 0.398 e. The lowest BCUT2D eigenvalue weighted by Gasteiger charge is -2.00. The lowest BCUT2D eigenvalue weighted by Crippen LogP contribution is -1.96. The maximum absolute atomic E-state index is 7.00. The Kier molecular flexibility index (Phi) is 4.36. The van der Waals surface area contributed by atoms with Crippen LogP contribution < -0.4 is 5.73 Å². The van der Waals surface area contributed by atoms with E-state index in [9.17, 15) is 0 Å². The first-order valence-corrected chi connectivity index (χ1v) is 6.34. The Labute approximate surface area is 119 Å². The van der Waals surface area contributed by atoms with Gasteiger partial charge in [-0.15, -0.1) is 0 Å². The fourth-order valence-electron chi connectivity index (χ4n) is 1.71. The van der Waals surface area contributed by atoms with Crippen molar-refractivity contribution < 1.29 is 0 Å². The molecule has 0 saturated carbocycles. The molecule has 0 aliphatic rings. The number of aryl methyl sites for hydroxylation is 1. The summed E-state index contributed by atoms with van der Waals surface area (Å²) < 4.78 is 0. The molecule has 0 aromatic heterocycles. The highest BCUT2D eigenvalue weighted by Gasteiger charge is 1.95.